The smallest absolute Gasteiger partial charge is 0.141 e. The SMILES string of the molecule is COc1cc(-c2nc3ccccc3n2C2CCC2)c(C2CC2)c(OCc2ccccc2)c1C. The molecule has 2 aliphatic rings. The maximum Gasteiger partial charge on any atom is 0.141 e. The second-order valence-electron chi connectivity index (χ2n) is 9.42. The fourth-order valence-corrected chi connectivity index (χ4v) is 5.09. The third-order valence-electron chi connectivity index (χ3n) is 7.23. The summed E-state index contributed by atoms with van der Waals surface area (Å²) >= 11 is 0. The Balaban J connectivity index is 1.54. The minimum absolute atomic E-state index is 0.514. The standard InChI is InChI=1S/C29H30N2O2/c1-19-26(32-2)17-23(27(21-15-16-21)28(19)33-18-20-9-4-3-5-10-20)29-30-24-13-6-7-14-25(24)31(29)22-11-8-12-22/h3-7,9-10,13-14,17,21-22H,8,11-12,15-16,18H2,1-2H3. The highest BCUT2D eigenvalue weighted by molar-refractivity contribution is 5.83. The molecule has 0 N–H and O–H groups in total. The van der Waals surface area contributed by atoms with E-state index in [9.17, 15) is 0 Å². The predicted molar refractivity (Wildman–Crippen MR) is 132 cm³/mol. The number of hydrogen-bond donors (Lipinski definition) is 0. The number of rotatable bonds is 7. The van der Waals surface area contributed by atoms with Crippen molar-refractivity contribution in [3.8, 4) is 22.9 Å². The summed E-state index contributed by atoms with van der Waals surface area (Å²) in [4.78, 5) is 5.17. The van der Waals surface area contributed by atoms with E-state index in [2.05, 4.69) is 66.1 Å². The van der Waals surface area contributed by atoms with Gasteiger partial charge in [-0.1, -0.05) is 42.5 Å². The summed E-state index contributed by atoms with van der Waals surface area (Å²) in [6.45, 7) is 2.66. The molecule has 3 aromatic carbocycles. The van der Waals surface area contributed by atoms with Gasteiger partial charge in [0.25, 0.3) is 0 Å². The van der Waals surface area contributed by atoms with E-state index < -0.39 is 0 Å². The van der Waals surface area contributed by atoms with Crippen LogP contribution in [-0.2, 0) is 6.61 Å². The van der Waals surface area contributed by atoms with Gasteiger partial charge < -0.3 is 14.0 Å². The molecule has 6 rings (SSSR count). The Morgan fingerprint density at radius 1 is 0.970 bits per heavy atom. The fraction of sp³-hybridized carbons (Fsp3) is 0.345. The number of ether oxygens (including phenoxy) is 2. The molecule has 0 amide bonds. The zero-order chi connectivity index (χ0) is 22.4. The minimum atomic E-state index is 0.514. The lowest BCUT2D eigenvalue weighted by Gasteiger charge is -2.30. The summed E-state index contributed by atoms with van der Waals surface area (Å²) in [6, 6.07) is 21.6. The van der Waals surface area contributed by atoms with Crippen LogP contribution in [0.25, 0.3) is 22.4 Å². The lowest BCUT2D eigenvalue weighted by Crippen LogP contribution is -2.18. The van der Waals surface area contributed by atoms with Crippen LogP contribution in [-0.4, -0.2) is 16.7 Å². The quantitative estimate of drug-likeness (QED) is 0.306. The van der Waals surface area contributed by atoms with Gasteiger partial charge in [0.05, 0.1) is 18.1 Å². The molecule has 0 spiro atoms. The number of aromatic nitrogens is 2. The molecule has 0 bridgehead atoms. The van der Waals surface area contributed by atoms with Gasteiger partial charge in [-0.05, 0) is 68.7 Å². The molecule has 2 saturated carbocycles. The summed E-state index contributed by atoms with van der Waals surface area (Å²) in [7, 11) is 1.75. The molecule has 0 atom stereocenters. The van der Waals surface area contributed by atoms with Crippen LogP contribution in [0, 0.1) is 6.92 Å². The predicted octanol–water partition coefficient (Wildman–Crippen LogP) is 7.20. The van der Waals surface area contributed by atoms with Crippen LogP contribution < -0.4 is 9.47 Å². The lowest BCUT2D eigenvalue weighted by molar-refractivity contribution is 0.297. The largest absolute Gasteiger partial charge is 0.496 e. The number of hydrogen-bond acceptors (Lipinski definition) is 3. The van der Waals surface area contributed by atoms with Crippen molar-refractivity contribution in [2.24, 2.45) is 0 Å². The van der Waals surface area contributed by atoms with Crippen LogP contribution >= 0.6 is 0 Å². The van der Waals surface area contributed by atoms with Crippen LogP contribution in [0.15, 0.2) is 60.7 Å². The summed E-state index contributed by atoms with van der Waals surface area (Å²) < 4.78 is 14.9. The van der Waals surface area contributed by atoms with Crippen molar-refractivity contribution in [2.75, 3.05) is 7.11 Å². The molecular formula is C29H30N2O2. The number of nitrogens with zero attached hydrogens (tertiary/aromatic N) is 2. The summed E-state index contributed by atoms with van der Waals surface area (Å²) in [5.74, 6) is 3.42. The number of methoxy groups -OCH3 is 1. The molecule has 4 heteroatoms. The molecule has 0 unspecified atom stereocenters. The monoisotopic (exact) mass is 438 g/mol. The minimum Gasteiger partial charge on any atom is -0.496 e. The van der Waals surface area contributed by atoms with Crippen molar-refractivity contribution in [2.45, 2.75) is 57.6 Å². The van der Waals surface area contributed by atoms with Gasteiger partial charge in [0.2, 0.25) is 0 Å². The first-order chi connectivity index (χ1) is 16.2. The Labute approximate surface area is 195 Å². The molecule has 4 aromatic rings. The molecule has 33 heavy (non-hydrogen) atoms. The molecular weight excluding hydrogens is 408 g/mol. The summed E-state index contributed by atoms with van der Waals surface area (Å²) in [5.41, 5.74) is 7.01. The van der Waals surface area contributed by atoms with E-state index in [1.165, 1.54) is 54.3 Å². The first kappa shape index (κ1) is 20.3. The maximum atomic E-state index is 6.56. The van der Waals surface area contributed by atoms with E-state index >= 15 is 0 Å². The zero-order valence-corrected chi connectivity index (χ0v) is 19.4. The molecule has 0 aliphatic heterocycles. The Hall–Kier alpha value is -3.27. The van der Waals surface area contributed by atoms with Crippen molar-refractivity contribution in [1.82, 2.24) is 9.55 Å². The number of fused-ring (bicyclic) bond motifs is 1. The molecule has 2 aliphatic carbocycles. The summed E-state index contributed by atoms with van der Waals surface area (Å²) in [6.07, 6.45) is 6.11. The van der Waals surface area contributed by atoms with Gasteiger partial charge in [-0.3, -0.25) is 0 Å². The first-order valence-corrected chi connectivity index (χ1v) is 12.1. The highest BCUT2D eigenvalue weighted by Gasteiger charge is 2.35. The van der Waals surface area contributed by atoms with E-state index in [4.69, 9.17) is 14.5 Å². The number of imidazole rings is 1. The van der Waals surface area contributed by atoms with Gasteiger partial charge in [-0.25, -0.2) is 4.98 Å². The Morgan fingerprint density at radius 2 is 1.73 bits per heavy atom. The van der Waals surface area contributed by atoms with E-state index in [1.54, 1.807) is 7.11 Å². The van der Waals surface area contributed by atoms with Gasteiger partial charge in [-0.15, -0.1) is 0 Å². The van der Waals surface area contributed by atoms with Gasteiger partial charge in [0, 0.05) is 22.7 Å². The molecule has 168 valence electrons. The highest BCUT2D eigenvalue weighted by atomic mass is 16.5. The molecule has 0 radical (unpaired) electrons. The topological polar surface area (TPSA) is 36.3 Å². The molecule has 2 fully saturated rings. The second-order valence-corrected chi connectivity index (χ2v) is 9.42. The van der Waals surface area contributed by atoms with E-state index in [0.29, 0.717) is 18.6 Å². The van der Waals surface area contributed by atoms with Crippen molar-refractivity contribution < 1.29 is 9.47 Å². The Morgan fingerprint density at radius 3 is 2.42 bits per heavy atom. The summed E-state index contributed by atoms with van der Waals surface area (Å²) in [5, 5.41) is 0. The number of para-hydroxylation sites is 2. The van der Waals surface area contributed by atoms with Crippen molar-refractivity contribution >= 4 is 11.0 Å². The van der Waals surface area contributed by atoms with Crippen LogP contribution in [0.5, 0.6) is 11.5 Å². The molecule has 1 aromatic heterocycles. The third kappa shape index (κ3) is 3.58. The number of benzene rings is 3. The average molecular weight is 439 g/mol. The maximum absolute atomic E-state index is 6.56. The van der Waals surface area contributed by atoms with Crippen molar-refractivity contribution in [3.05, 3.63) is 77.4 Å². The molecule has 0 saturated heterocycles. The first-order valence-electron chi connectivity index (χ1n) is 12.1. The highest BCUT2D eigenvalue weighted by Crippen LogP contribution is 2.53. The Kier molecular flexibility index (Phi) is 5.09. The van der Waals surface area contributed by atoms with Crippen molar-refractivity contribution in [1.29, 1.82) is 0 Å². The van der Waals surface area contributed by atoms with E-state index in [-0.39, 0.29) is 0 Å². The van der Waals surface area contributed by atoms with E-state index in [0.717, 1.165) is 28.4 Å². The van der Waals surface area contributed by atoms with Gasteiger partial charge in [-0.2, -0.15) is 0 Å². The normalized spacial score (nSPS) is 16.1. The van der Waals surface area contributed by atoms with Crippen LogP contribution in [0.2, 0.25) is 0 Å². The Bertz CT molecular complexity index is 1300. The zero-order valence-electron chi connectivity index (χ0n) is 19.4. The lowest BCUT2D eigenvalue weighted by atomic mass is 9.91. The molecule has 1 heterocycles. The van der Waals surface area contributed by atoms with Gasteiger partial charge in [0.15, 0.2) is 0 Å². The van der Waals surface area contributed by atoms with Gasteiger partial charge in [0.1, 0.15) is 23.9 Å². The van der Waals surface area contributed by atoms with Crippen LogP contribution in [0.1, 0.15) is 60.8 Å². The third-order valence-corrected chi connectivity index (χ3v) is 7.23. The van der Waals surface area contributed by atoms with Gasteiger partial charge >= 0.3 is 0 Å². The average Bonchev–Trinajstić information content (AvgIpc) is 3.59. The van der Waals surface area contributed by atoms with Crippen molar-refractivity contribution in [3.63, 3.8) is 0 Å². The molecule has 4 nitrogen and oxygen atoms in total. The fourth-order valence-electron chi connectivity index (χ4n) is 5.09. The van der Waals surface area contributed by atoms with E-state index in [1.807, 2.05) is 6.07 Å². The second kappa shape index (κ2) is 8.26. The van der Waals surface area contributed by atoms with Crippen LogP contribution in [0.4, 0.5) is 0 Å². The van der Waals surface area contributed by atoms with Crippen LogP contribution in [0.3, 0.4) is 0 Å².